The summed E-state index contributed by atoms with van der Waals surface area (Å²) in [5.41, 5.74) is 10.6. The molecule has 2 rings (SSSR count). The number of hydrogen-bond donors (Lipinski definition) is 1. The molecule has 18 heavy (non-hydrogen) atoms. The summed E-state index contributed by atoms with van der Waals surface area (Å²) in [5, 5.41) is 0. The molecule has 2 N–H and O–H groups in total. The molecule has 0 heterocycles. The van der Waals surface area contributed by atoms with Gasteiger partial charge in [-0.15, -0.1) is 0 Å². The average Bonchev–Trinajstić information content (AvgIpc) is 2.38. The highest BCUT2D eigenvalue weighted by atomic mass is 14.8. The Morgan fingerprint density at radius 2 is 1.39 bits per heavy atom. The van der Waals surface area contributed by atoms with E-state index in [-0.39, 0.29) is 0 Å². The lowest BCUT2D eigenvalue weighted by atomic mass is 10.1. The average molecular weight is 238 g/mol. The van der Waals surface area contributed by atoms with Gasteiger partial charge in [0.15, 0.2) is 0 Å². The number of rotatable bonds is 3. The number of nitrogens with two attached hydrogens (primary N) is 1. The molecule has 0 fully saturated rings. The second-order valence-corrected chi connectivity index (χ2v) is 4.55. The predicted molar refractivity (Wildman–Crippen MR) is 76.8 cm³/mol. The van der Waals surface area contributed by atoms with Gasteiger partial charge in [0.2, 0.25) is 0 Å². The van der Waals surface area contributed by atoms with Gasteiger partial charge in [-0.2, -0.15) is 0 Å². The summed E-state index contributed by atoms with van der Waals surface area (Å²) in [6.07, 6.45) is 0. The maximum absolute atomic E-state index is 5.97. The Morgan fingerprint density at radius 3 is 1.94 bits per heavy atom. The van der Waals surface area contributed by atoms with E-state index in [0.29, 0.717) is 12.4 Å². The largest absolute Gasteiger partial charge is 0.383 e. The summed E-state index contributed by atoms with van der Waals surface area (Å²) in [6, 6.07) is 16.4. The minimum Gasteiger partial charge on any atom is -0.383 e. The van der Waals surface area contributed by atoms with Crippen molar-refractivity contribution >= 4 is 5.84 Å². The number of amidine groups is 1. The van der Waals surface area contributed by atoms with Crippen LogP contribution in [0.4, 0.5) is 0 Å². The molecular weight excluding hydrogens is 220 g/mol. The van der Waals surface area contributed by atoms with Crippen molar-refractivity contribution in [3.8, 4) is 0 Å². The van der Waals surface area contributed by atoms with Gasteiger partial charge < -0.3 is 5.73 Å². The Bertz CT molecular complexity index is 536. The van der Waals surface area contributed by atoms with Crippen molar-refractivity contribution in [2.45, 2.75) is 20.4 Å². The summed E-state index contributed by atoms with van der Waals surface area (Å²) in [5.74, 6) is 0.593. The summed E-state index contributed by atoms with van der Waals surface area (Å²) in [6.45, 7) is 4.76. The Labute approximate surface area is 108 Å². The SMILES string of the molecule is Cc1ccc(CN=C(N)c2ccc(C)cc2)cc1. The molecule has 0 amide bonds. The monoisotopic (exact) mass is 238 g/mol. The molecular formula is C16H18N2. The standard InChI is InChI=1S/C16H18N2/c1-12-3-7-14(8-4-12)11-18-16(17)15-9-5-13(2)6-10-15/h3-10H,11H2,1-2H3,(H2,17,18). The normalized spacial score (nSPS) is 11.6. The van der Waals surface area contributed by atoms with Crippen LogP contribution in [0.5, 0.6) is 0 Å². The van der Waals surface area contributed by atoms with Crippen LogP contribution in [0.25, 0.3) is 0 Å². The van der Waals surface area contributed by atoms with E-state index < -0.39 is 0 Å². The molecule has 0 atom stereocenters. The van der Waals surface area contributed by atoms with E-state index in [9.17, 15) is 0 Å². The number of aryl methyl sites for hydroxylation is 2. The lowest BCUT2D eigenvalue weighted by Gasteiger charge is -2.02. The summed E-state index contributed by atoms with van der Waals surface area (Å²) in [4.78, 5) is 4.42. The third-order valence-electron chi connectivity index (χ3n) is 2.90. The first-order chi connectivity index (χ1) is 8.65. The van der Waals surface area contributed by atoms with Gasteiger partial charge in [-0.25, -0.2) is 0 Å². The summed E-state index contributed by atoms with van der Waals surface area (Å²) >= 11 is 0. The van der Waals surface area contributed by atoms with Crippen molar-refractivity contribution in [3.05, 3.63) is 70.8 Å². The zero-order chi connectivity index (χ0) is 13.0. The van der Waals surface area contributed by atoms with Gasteiger partial charge >= 0.3 is 0 Å². The van der Waals surface area contributed by atoms with Crippen LogP contribution in [0.3, 0.4) is 0 Å². The fourth-order valence-electron chi connectivity index (χ4n) is 1.69. The summed E-state index contributed by atoms with van der Waals surface area (Å²) in [7, 11) is 0. The zero-order valence-electron chi connectivity index (χ0n) is 10.9. The number of hydrogen-bond acceptors (Lipinski definition) is 1. The summed E-state index contributed by atoms with van der Waals surface area (Å²) < 4.78 is 0. The molecule has 0 spiro atoms. The molecule has 0 aliphatic carbocycles. The zero-order valence-corrected chi connectivity index (χ0v) is 10.9. The van der Waals surface area contributed by atoms with Gasteiger partial charge in [0.1, 0.15) is 5.84 Å². The van der Waals surface area contributed by atoms with E-state index in [1.54, 1.807) is 0 Å². The van der Waals surface area contributed by atoms with E-state index in [4.69, 9.17) is 5.73 Å². The van der Waals surface area contributed by atoms with Crippen LogP contribution in [0.15, 0.2) is 53.5 Å². The highest BCUT2D eigenvalue weighted by molar-refractivity contribution is 5.97. The first-order valence-electron chi connectivity index (χ1n) is 6.07. The van der Waals surface area contributed by atoms with Crippen LogP contribution in [-0.4, -0.2) is 5.84 Å². The van der Waals surface area contributed by atoms with Crippen LogP contribution >= 0.6 is 0 Å². The van der Waals surface area contributed by atoms with E-state index in [2.05, 4.69) is 43.1 Å². The predicted octanol–water partition coefficient (Wildman–Crippen LogP) is 3.21. The molecule has 92 valence electrons. The van der Waals surface area contributed by atoms with Crippen molar-refractivity contribution < 1.29 is 0 Å². The van der Waals surface area contributed by atoms with Crippen LogP contribution in [0.2, 0.25) is 0 Å². The van der Waals surface area contributed by atoms with Crippen molar-refractivity contribution in [2.75, 3.05) is 0 Å². The molecule has 0 unspecified atom stereocenters. The molecule has 0 aromatic heterocycles. The molecule has 0 aliphatic rings. The van der Waals surface area contributed by atoms with Gasteiger partial charge in [-0.05, 0) is 19.4 Å². The topological polar surface area (TPSA) is 38.4 Å². The first kappa shape index (κ1) is 12.4. The lowest BCUT2D eigenvalue weighted by molar-refractivity contribution is 1.06. The highest BCUT2D eigenvalue weighted by Gasteiger charge is 1.97. The lowest BCUT2D eigenvalue weighted by Crippen LogP contribution is -2.13. The quantitative estimate of drug-likeness (QED) is 0.647. The minimum atomic E-state index is 0.593. The van der Waals surface area contributed by atoms with Crippen LogP contribution in [0.1, 0.15) is 22.3 Å². The third-order valence-corrected chi connectivity index (χ3v) is 2.90. The molecule has 0 aliphatic heterocycles. The Morgan fingerprint density at radius 1 is 0.889 bits per heavy atom. The molecule has 2 aromatic carbocycles. The molecule has 0 bridgehead atoms. The highest BCUT2D eigenvalue weighted by Crippen LogP contribution is 2.06. The smallest absolute Gasteiger partial charge is 0.125 e. The van der Waals surface area contributed by atoms with Crippen molar-refractivity contribution in [1.82, 2.24) is 0 Å². The van der Waals surface area contributed by atoms with E-state index in [1.165, 1.54) is 16.7 Å². The second-order valence-electron chi connectivity index (χ2n) is 4.55. The molecule has 2 aromatic rings. The minimum absolute atomic E-state index is 0.593. The number of nitrogens with zero attached hydrogens (tertiary/aromatic N) is 1. The first-order valence-corrected chi connectivity index (χ1v) is 6.07. The van der Waals surface area contributed by atoms with E-state index in [1.807, 2.05) is 24.3 Å². The molecule has 2 heteroatoms. The molecule has 0 saturated carbocycles. The van der Waals surface area contributed by atoms with Crippen molar-refractivity contribution in [3.63, 3.8) is 0 Å². The second kappa shape index (κ2) is 5.50. The molecule has 2 nitrogen and oxygen atoms in total. The Balaban J connectivity index is 2.09. The Kier molecular flexibility index (Phi) is 3.78. The van der Waals surface area contributed by atoms with Gasteiger partial charge in [0.05, 0.1) is 6.54 Å². The maximum Gasteiger partial charge on any atom is 0.125 e. The van der Waals surface area contributed by atoms with Gasteiger partial charge in [-0.3, -0.25) is 4.99 Å². The number of benzene rings is 2. The van der Waals surface area contributed by atoms with Crippen molar-refractivity contribution in [1.29, 1.82) is 0 Å². The van der Waals surface area contributed by atoms with E-state index in [0.717, 1.165) is 5.56 Å². The van der Waals surface area contributed by atoms with Gasteiger partial charge in [0.25, 0.3) is 0 Å². The fraction of sp³-hybridized carbons (Fsp3) is 0.188. The third kappa shape index (κ3) is 3.20. The van der Waals surface area contributed by atoms with Crippen molar-refractivity contribution in [2.24, 2.45) is 10.7 Å². The van der Waals surface area contributed by atoms with Crippen LogP contribution in [-0.2, 0) is 6.54 Å². The maximum atomic E-state index is 5.97. The van der Waals surface area contributed by atoms with E-state index >= 15 is 0 Å². The van der Waals surface area contributed by atoms with Gasteiger partial charge in [0, 0.05) is 5.56 Å². The Hall–Kier alpha value is -2.09. The van der Waals surface area contributed by atoms with Gasteiger partial charge in [-0.1, -0.05) is 59.7 Å². The number of aliphatic imine (C=N–C) groups is 1. The fourth-order valence-corrected chi connectivity index (χ4v) is 1.69. The van der Waals surface area contributed by atoms with Crippen LogP contribution in [0, 0.1) is 13.8 Å². The molecule has 0 radical (unpaired) electrons. The molecule has 0 saturated heterocycles. The van der Waals surface area contributed by atoms with Crippen LogP contribution < -0.4 is 5.73 Å².